The predicted octanol–water partition coefficient (Wildman–Crippen LogP) is 0.501. The number of anilines is 1. The third kappa shape index (κ3) is 2.10. The maximum Gasteiger partial charge on any atom is 0.349 e. The topological polar surface area (TPSA) is 62.7 Å². The van der Waals surface area contributed by atoms with Crippen LogP contribution in [0.1, 0.15) is 16.1 Å². The molecule has 0 aliphatic carbocycles. The fraction of sp³-hybridized carbons (Fsp3) is 0.556. The lowest BCUT2D eigenvalue weighted by Crippen LogP contribution is -2.20. The van der Waals surface area contributed by atoms with Crippen molar-refractivity contribution in [3.05, 3.63) is 11.1 Å². The Bertz CT molecular complexity index is 366. The van der Waals surface area contributed by atoms with E-state index in [-0.39, 0.29) is 12.1 Å². The molecule has 0 amide bonds. The molecule has 1 N–H and O–H groups in total. The Kier molecular flexibility index (Phi) is 2.88. The molecule has 0 radical (unpaired) electrons. The van der Waals surface area contributed by atoms with Crippen LogP contribution in [0.3, 0.4) is 0 Å². The van der Waals surface area contributed by atoms with E-state index in [2.05, 4.69) is 9.72 Å². The zero-order chi connectivity index (χ0) is 10.8. The smallest absolute Gasteiger partial charge is 0.349 e. The molecule has 0 aromatic carbocycles. The molecule has 1 aromatic heterocycles. The Balaban J connectivity index is 2.10. The summed E-state index contributed by atoms with van der Waals surface area (Å²) in [6.45, 7) is 1.38. The second kappa shape index (κ2) is 4.16. The van der Waals surface area contributed by atoms with Gasteiger partial charge in [0.25, 0.3) is 0 Å². The van der Waals surface area contributed by atoms with Crippen molar-refractivity contribution in [1.82, 2.24) is 4.98 Å². The number of ether oxygens (including phenoxy) is 1. The summed E-state index contributed by atoms with van der Waals surface area (Å²) in [5, 5.41) is 10.1. The first-order chi connectivity index (χ1) is 7.20. The number of aliphatic hydroxyl groups is 1. The normalized spacial score (nSPS) is 20.7. The molecule has 0 unspecified atom stereocenters. The predicted molar refractivity (Wildman–Crippen MR) is 56.3 cm³/mol. The first kappa shape index (κ1) is 10.4. The average molecular weight is 228 g/mol. The molecule has 0 bridgehead atoms. The van der Waals surface area contributed by atoms with Crippen molar-refractivity contribution in [2.45, 2.75) is 12.5 Å². The Morgan fingerprint density at radius 1 is 1.80 bits per heavy atom. The van der Waals surface area contributed by atoms with Crippen LogP contribution in [0.2, 0.25) is 0 Å². The zero-order valence-corrected chi connectivity index (χ0v) is 9.16. The molecule has 5 nitrogen and oxygen atoms in total. The van der Waals surface area contributed by atoms with Gasteiger partial charge >= 0.3 is 5.97 Å². The highest BCUT2D eigenvalue weighted by Crippen LogP contribution is 2.26. The number of β-amino-alcohol motifs (C(OH)–C–C–N with tert-alkyl or cyclic N) is 1. The van der Waals surface area contributed by atoms with Gasteiger partial charge in [0.05, 0.1) is 19.4 Å². The maximum absolute atomic E-state index is 11.2. The van der Waals surface area contributed by atoms with Crippen LogP contribution < -0.4 is 4.90 Å². The minimum absolute atomic E-state index is 0.282. The van der Waals surface area contributed by atoms with Gasteiger partial charge in [-0.2, -0.15) is 0 Å². The summed E-state index contributed by atoms with van der Waals surface area (Å²) < 4.78 is 4.60. The van der Waals surface area contributed by atoms with E-state index in [4.69, 9.17) is 0 Å². The molecule has 2 heterocycles. The number of rotatable bonds is 2. The van der Waals surface area contributed by atoms with Crippen molar-refractivity contribution >= 4 is 22.4 Å². The molecule has 1 aliphatic heterocycles. The Morgan fingerprint density at radius 2 is 2.60 bits per heavy atom. The number of nitrogens with zero attached hydrogens (tertiary/aromatic N) is 2. The van der Waals surface area contributed by atoms with Crippen LogP contribution in [-0.4, -0.2) is 42.4 Å². The molecule has 1 aliphatic rings. The van der Waals surface area contributed by atoms with E-state index in [1.807, 2.05) is 4.90 Å². The van der Waals surface area contributed by atoms with Gasteiger partial charge in [-0.1, -0.05) is 11.3 Å². The second-order valence-electron chi connectivity index (χ2n) is 3.39. The quantitative estimate of drug-likeness (QED) is 0.747. The summed E-state index contributed by atoms with van der Waals surface area (Å²) in [5.74, 6) is -0.363. The summed E-state index contributed by atoms with van der Waals surface area (Å²) >= 11 is 1.29. The molecular weight excluding hydrogens is 216 g/mol. The van der Waals surface area contributed by atoms with E-state index in [0.717, 1.165) is 18.1 Å². The van der Waals surface area contributed by atoms with Gasteiger partial charge in [-0.05, 0) is 6.42 Å². The van der Waals surface area contributed by atoms with E-state index >= 15 is 0 Å². The van der Waals surface area contributed by atoms with Crippen LogP contribution in [0.4, 0.5) is 5.13 Å². The molecule has 1 atom stereocenters. The number of carbonyl (C=O) groups excluding carboxylic acids is 1. The van der Waals surface area contributed by atoms with Gasteiger partial charge in [0.15, 0.2) is 5.13 Å². The van der Waals surface area contributed by atoms with Crippen molar-refractivity contribution in [2.75, 3.05) is 25.1 Å². The summed E-state index contributed by atoms with van der Waals surface area (Å²) in [5.41, 5.74) is 0. The molecule has 1 fully saturated rings. The number of esters is 1. The lowest BCUT2D eigenvalue weighted by Gasteiger charge is -2.12. The molecule has 1 saturated heterocycles. The third-order valence-corrected chi connectivity index (χ3v) is 3.35. The zero-order valence-electron chi connectivity index (χ0n) is 8.34. The number of thiazole rings is 1. The molecule has 15 heavy (non-hydrogen) atoms. The number of carbonyl (C=O) groups is 1. The van der Waals surface area contributed by atoms with Crippen LogP contribution in [0, 0.1) is 0 Å². The van der Waals surface area contributed by atoms with E-state index in [9.17, 15) is 9.90 Å². The Hall–Kier alpha value is -1.14. The summed E-state index contributed by atoms with van der Waals surface area (Å²) in [4.78, 5) is 17.8. The van der Waals surface area contributed by atoms with Gasteiger partial charge in [0.2, 0.25) is 0 Å². The first-order valence-corrected chi connectivity index (χ1v) is 5.49. The molecular formula is C9H12N2O3S. The Morgan fingerprint density at radius 3 is 3.20 bits per heavy atom. The fourth-order valence-electron chi connectivity index (χ4n) is 1.52. The van der Waals surface area contributed by atoms with Crippen molar-refractivity contribution in [1.29, 1.82) is 0 Å². The monoisotopic (exact) mass is 228 g/mol. The summed E-state index contributed by atoms with van der Waals surface area (Å²) in [6.07, 6.45) is 1.99. The highest BCUT2D eigenvalue weighted by Gasteiger charge is 2.23. The van der Waals surface area contributed by atoms with E-state index < -0.39 is 0 Å². The SMILES string of the molecule is COC(=O)c1cnc(N2CC[C@H](O)C2)s1. The number of aromatic nitrogens is 1. The highest BCUT2D eigenvalue weighted by molar-refractivity contribution is 7.17. The van der Waals surface area contributed by atoms with Crippen LogP contribution in [0.15, 0.2) is 6.20 Å². The third-order valence-electron chi connectivity index (χ3n) is 2.31. The van der Waals surface area contributed by atoms with E-state index in [1.165, 1.54) is 24.6 Å². The largest absolute Gasteiger partial charge is 0.465 e. The number of aliphatic hydroxyl groups excluding tert-OH is 1. The summed E-state index contributed by atoms with van der Waals surface area (Å²) in [7, 11) is 1.35. The van der Waals surface area contributed by atoms with Crippen LogP contribution in [-0.2, 0) is 4.74 Å². The minimum Gasteiger partial charge on any atom is -0.465 e. The Labute approximate surface area is 91.3 Å². The van der Waals surface area contributed by atoms with Crippen LogP contribution >= 0.6 is 11.3 Å². The molecule has 2 rings (SSSR count). The lowest BCUT2D eigenvalue weighted by atomic mass is 10.3. The highest BCUT2D eigenvalue weighted by atomic mass is 32.1. The van der Waals surface area contributed by atoms with Gasteiger partial charge in [-0.3, -0.25) is 0 Å². The standard InChI is InChI=1S/C9H12N2O3S/c1-14-8(13)7-4-10-9(15-7)11-3-2-6(12)5-11/h4,6,12H,2-3,5H2,1H3/t6-/m0/s1. The maximum atomic E-state index is 11.2. The van der Waals surface area contributed by atoms with Gasteiger partial charge in [0, 0.05) is 13.1 Å². The average Bonchev–Trinajstić information content (AvgIpc) is 2.84. The molecule has 82 valence electrons. The summed E-state index contributed by atoms with van der Waals surface area (Å²) in [6, 6.07) is 0. The van der Waals surface area contributed by atoms with E-state index in [1.54, 1.807) is 0 Å². The van der Waals surface area contributed by atoms with Crippen LogP contribution in [0.5, 0.6) is 0 Å². The van der Waals surface area contributed by atoms with Gasteiger partial charge < -0.3 is 14.7 Å². The van der Waals surface area contributed by atoms with Crippen LogP contribution in [0.25, 0.3) is 0 Å². The van der Waals surface area contributed by atoms with Crippen molar-refractivity contribution < 1.29 is 14.6 Å². The first-order valence-electron chi connectivity index (χ1n) is 4.68. The van der Waals surface area contributed by atoms with Gasteiger partial charge in [-0.15, -0.1) is 0 Å². The second-order valence-corrected chi connectivity index (χ2v) is 4.40. The molecule has 0 spiro atoms. The number of hydrogen-bond acceptors (Lipinski definition) is 6. The fourth-order valence-corrected chi connectivity index (χ4v) is 2.39. The van der Waals surface area contributed by atoms with Gasteiger partial charge in [-0.25, -0.2) is 9.78 Å². The van der Waals surface area contributed by atoms with E-state index in [0.29, 0.717) is 11.4 Å². The minimum atomic E-state index is -0.363. The number of hydrogen-bond donors (Lipinski definition) is 1. The molecule has 1 aromatic rings. The van der Waals surface area contributed by atoms with Gasteiger partial charge in [0.1, 0.15) is 4.88 Å². The molecule has 0 saturated carbocycles. The van der Waals surface area contributed by atoms with Crippen molar-refractivity contribution in [3.63, 3.8) is 0 Å². The molecule has 6 heteroatoms. The van der Waals surface area contributed by atoms with Crippen molar-refractivity contribution in [3.8, 4) is 0 Å². The lowest BCUT2D eigenvalue weighted by molar-refractivity contribution is 0.0606. The van der Waals surface area contributed by atoms with Crippen molar-refractivity contribution in [2.24, 2.45) is 0 Å². The number of methoxy groups -OCH3 is 1.